The fourth-order valence-electron chi connectivity index (χ4n) is 1.86. The summed E-state index contributed by atoms with van der Waals surface area (Å²) in [6.07, 6.45) is 0. The van der Waals surface area contributed by atoms with E-state index in [2.05, 4.69) is 0 Å². The molecule has 0 saturated carbocycles. The number of hydrogen-bond donors (Lipinski definition) is 1. The van der Waals surface area contributed by atoms with E-state index < -0.39 is 7.12 Å². The lowest BCUT2D eigenvalue weighted by molar-refractivity contribution is 0.00578. The van der Waals surface area contributed by atoms with Crippen LogP contribution in [0.1, 0.15) is 27.7 Å². The second kappa shape index (κ2) is 4.18. The average molecular weight is 250 g/mol. The summed E-state index contributed by atoms with van der Waals surface area (Å²) >= 11 is 0. The smallest absolute Gasteiger partial charge is 0.498 e. The predicted octanol–water partition coefficient (Wildman–Crippen LogP) is 1.70. The van der Waals surface area contributed by atoms with Crippen LogP contribution < -0.4 is 10.2 Å². The lowest BCUT2D eigenvalue weighted by Gasteiger charge is -2.32. The predicted molar refractivity (Wildman–Crippen MR) is 70.4 cm³/mol. The van der Waals surface area contributed by atoms with E-state index >= 15 is 0 Å². The Kier molecular flexibility index (Phi) is 3.07. The van der Waals surface area contributed by atoms with Gasteiger partial charge < -0.3 is 19.2 Å². The Morgan fingerprint density at radius 3 is 2.17 bits per heavy atom. The van der Waals surface area contributed by atoms with Gasteiger partial charge in [0.25, 0.3) is 0 Å². The van der Waals surface area contributed by atoms with Gasteiger partial charge in [-0.2, -0.15) is 0 Å². The van der Waals surface area contributed by atoms with Gasteiger partial charge in [0.1, 0.15) is 11.5 Å². The molecule has 0 atom stereocenters. The minimum absolute atomic E-state index is 0.159. The number of ether oxygens (including phenoxy) is 1. The molecule has 0 bridgehead atoms. The van der Waals surface area contributed by atoms with Gasteiger partial charge in [-0.3, -0.25) is 0 Å². The molecule has 0 aliphatic carbocycles. The highest BCUT2D eigenvalue weighted by atomic mass is 16.7. The third-order valence-electron chi connectivity index (χ3n) is 3.72. The van der Waals surface area contributed by atoms with Gasteiger partial charge in [-0.25, -0.2) is 0 Å². The highest BCUT2D eigenvalue weighted by molar-refractivity contribution is 6.63. The van der Waals surface area contributed by atoms with Crippen LogP contribution in [0.3, 0.4) is 0 Å². The van der Waals surface area contributed by atoms with Crippen LogP contribution >= 0.6 is 0 Å². The van der Waals surface area contributed by atoms with Crippen LogP contribution in [0.15, 0.2) is 18.2 Å². The molecular formula is C13H19BO4. The number of hydrogen-bond acceptors (Lipinski definition) is 4. The summed E-state index contributed by atoms with van der Waals surface area (Å²) in [6, 6.07) is 4.92. The molecule has 98 valence electrons. The van der Waals surface area contributed by atoms with E-state index in [0.717, 1.165) is 5.46 Å². The Balaban J connectivity index is 2.35. The number of aromatic hydroxyl groups is 1. The zero-order chi connectivity index (χ0) is 13.6. The summed E-state index contributed by atoms with van der Waals surface area (Å²) in [4.78, 5) is 0. The Hall–Kier alpha value is -1.20. The monoisotopic (exact) mass is 250 g/mol. The molecule has 0 radical (unpaired) electrons. The SMILES string of the molecule is COc1cc(O)ccc1B1OC(C)(C)C(C)(C)O1. The van der Waals surface area contributed by atoms with Crippen molar-refractivity contribution in [1.82, 2.24) is 0 Å². The van der Waals surface area contributed by atoms with E-state index in [4.69, 9.17) is 14.0 Å². The van der Waals surface area contributed by atoms with Crippen LogP contribution in [0.4, 0.5) is 0 Å². The minimum atomic E-state index is -0.481. The Bertz CT molecular complexity index is 440. The molecule has 1 aliphatic rings. The number of rotatable bonds is 2. The Morgan fingerprint density at radius 2 is 1.67 bits per heavy atom. The van der Waals surface area contributed by atoms with Crippen molar-refractivity contribution in [1.29, 1.82) is 0 Å². The second-order valence-corrected chi connectivity index (χ2v) is 5.51. The first kappa shape index (κ1) is 13.2. The fourth-order valence-corrected chi connectivity index (χ4v) is 1.86. The molecule has 0 unspecified atom stereocenters. The standard InChI is InChI=1S/C13H19BO4/c1-12(2)13(3,4)18-14(17-12)10-7-6-9(15)8-11(10)16-5/h6-8,15H,1-5H3. The molecule has 1 aliphatic heterocycles. The number of methoxy groups -OCH3 is 1. The third kappa shape index (κ3) is 2.08. The molecule has 5 heteroatoms. The van der Waals surface area contributed by atoms with Crippen LogP contribution in [0.2, 0.25) is 0 Å². The zero-order valence-electron chi connectivity index (χ0n) is 11.5. The second-order valence-electron chi connectivity index (χ2n) is 5.51. The van der Waals surface area contributed by atoms with E-state index in [1.807, 2.05) is 27.7 Å². The molecule has 0 spiro atoms. The highest BCUT2D eigenvalue weighted by Gasteiger charge is 2.52. The molecule has 1 aromatic carbocycles. The Morgan fingerprint density at radius 1 is 1.11 bits per heavy atom. The summed E-state index contributed by atoms with van der Waals surface area (Å²) in [7, 11) is 1.08. The zero-order valence-corrected chi connectivity index (χ0v) is 11.5. The lowest BCUT2D eigenvalue weighted by atomic mass is 9.78. The summed E-state index contributed by atoms with van der Waals surface area (Å²) in [5.41, 5.74) is 0.00941. The molecule has 4 nitrogen and oxygen atoms in total. The normalized spacial score (nSPS) is 21.1. The maximum atomic E-state index is 9.46. The molecule has 1 saturated heterocycles. The van der Waals surface area contributed by atoms with Crippen LogP contribution in [0, 0.1) is 0 Å². The average Bonchev–Trinajstić information content (AvgIpc) is 2.47. The maximum Gasteiger partial charge on any atom is 0.498 e. The summed E-state index contributed by atoms with van der Waals surface area (Å²) in [5.74, 6) is 0.723. The first-order valence-electron chi connectivity index (χ1n) is 5.99. The Labute approximate surface area is 108 Å². The van der Waals surface area contributed by atoms with E-state index in [0.29, 0.717) is 5.75 Å². The molecule has 1 heterocycles. The highest BCUT2D eigenvalue weighted by Crippen LogP contribution is 2.37. The van der Waals surface area contributed by atoms with Crippen LogP contribution in [-0.2, 0) is 9.31 Å². The minimum Gasteiger partial charge on any atom is -0.508 e. The van der Waals surface area contributed by atoms with Gasteiger partial charge in [0.15, 0.2) is 0 Å². The van der Waals surface area contributed by atoms with Crippen molar-refractivity contribution >= 4 is 12.6 Å². The van der Waals surface area contributed by atoms with E-state index in [-0.39, 0.29) is 17.0 Å². The van der Waals surface area contributed by atoms with E-state index in [9.17, 15) is 5.11 Å². The van der Waals surface area contributed by atoms with Gasteiger partial charge >= 0.3 is 7.12 Å². The van der Waals surface area contributed by atoms with Gasteiger partial charge in [0.05, 0.1) is 18.3 Å². The van der Waals surface area contributed by atoms with Crippen molar-refractivity contribution < 1.29 is 19.2 Å². The summed E-state index contributed by atoms with van der Waals surface area (Å²) < 4.78 is 17.2. The van der Waals surface area contributed by atoms with Crippen LogP contribution in [0.25, 0.3) is 0 Å². The quantitative estimate of drug-likeness (QED) is 0.811. The van der Waals surface area contributed by atoms with Crippen LogP contribution in [0.5, 0.6) is 11.5 Å². The van der Waals surface area contributed by atoms with Crippen molar-refractivity contribution in [3.8, 4) is 11.5 Å². The van der Waals surface area contributed by atoms with Crippen molar-refractivity contribution in [3.05, 3.63) is 18.2 Å². The van der Waals surface area contributed by atoms with Crippen molar-refractivity contribution in [3.63, 3.8) is 0 Å². The summed E-state index contributed by atoms with van der Waals surface area (Å²) in [6.45, 7) is 8.00. The van der Waals surface area contributed by atoms with Gasteiger partial charge in [-0.05, 0) is 33.8 Å². The number of phenolic OH excluding ortho intramolecular Hbond substituents is 1. The topological polar surface area (TPSA) is 47.9 Å². The molecule has 1 N–H and O–H groups in total. The van der Waals surface area contributed by atoms with Gasteiger partial charge in [-0.15, -0.1) is 0 Å². The molecular weight excluding hydrogens is 231 g/mol. The van der Waals surface area contributed by atoms with Gasteiger partial charge in [0.2, 0.25) is 0 Å². The number of phenols is 1. The van der Waals surface area contributed by atoms with E-state index in [1.165, 1.54) is 0 Å². The van der Waals surface area contributed by atoms with Crippen molar-refractivity contribution in [2.75, 3.05) is 7.11 Å². The number of benzene rings is 1. The first-order valence-corrected chi connectivity index (χ1v) is 5.99. The molecule has 1 aromatic rings. The van der Waals surface area contributed by atoms with Gasteiger partial charge in [-0.1, -0.05) is 6.07 Å². The fraction of sp³-hybridized carbons (Fsp3) is 0.538. The molecule has 2 rings (SSSR count). The molecule has 0 aromatic heterocycles. The van der Waals surface area contributed by atoms with Crippen molar-refractivity contribution in [2.45, 2.75) is 38.9 Å². The van der Waals surface area contributed by atoms with Crippen molar-refractivity contribution in [2.24, 2.45) is 0 Å². The van der Waals surface area contributed by atoms with E-state index in [1.54, 1.807) is 25.3 Å². The maximum absolute atomic E-state index is 9.46. The molecule has 1 fully saturated rings. The molecule has 0 amide bonds. The third-order valence-corrected chi connectivity index (χ3v) is 3.72. The lowest BCUT2D eigenvalue weighted by Crippen LogP contribution is -2.41. The first-order chi connectivity index (χ1) is 8.27. The summed E-state index contributed by atoms with van der Waals surface area (Å²) in [5, 5.41) is 9.46. The van der Waals surface area contributed by atoms with Crippen LogP contribution in [-0.4, -0.2) is 30.5 Å². The largest absolute Gasteiger partial charge is 0.508 e. The van der Waals surface area contributed by atoms with Gasteiger partial charge in [0, 0.05) is 11.5 Å². The molecule has 18 heavy (non-hydrogen) atoms.